The van der Waals surface area contributed by atoms with Gasteiger partial charge in [0.1, 0.15) is 0 Å². The van der Waals surface area contributed by atoms with Gasteiger partial charge in [-0.1, -0.05) is 13.8 Å². The molecule has 94 valence electrons. The number of likely N-dealkylation sites (tertiary alicyclic amines) is 1. The van der Waals surface area contributed by atoms with E-state index in [2.05, 4.69) is 24.1 Å². The molecule has 2 heterocycles. The first kappa shape index (κ1) is 12.3. The number of likely N-dealkylation sites (N-methyl/N-ethyl adjacent to an activating group) is 1. The molecule has 3 atom stereocenters. The molecule has 0 bridgehead atoms. The van der Waals surface area contributed by atoms with E-state index < -0.39 is 0 Å². The number of rotatable bonds is 5. The lowest BCUT2D eigenvalue weighted by atomic mass is 10.2. The summed E-state index contributed by atoms with van der Waals surface area (Å²) in [7, 11) is 0. The van der Waals surface area contributed by atoms with E-state index in [1.165, 1.54) is 32.4 Å². The summed E-state index contributed by atoms with van der Waals surface area (Å²) in [5.41, 5.74) is 0. The standard InChI is InChI=1S/C13H26N2O/c1-3-14-8-12-4-5-13(16-12)10-15-7-6-11(2)9-15/h11-14H,3-10H2,1-2H3. The maximum Gasteiger partial charge on any atom is 0.0707 e. The van der Waals surface area contributed by atoms with Gasteiger partial charge in [-0.15, -0.1) is 0 Å². The maximum absolute atomic E-state index is 6.06. The molecule has 3 unspecified atom stereocenters. The molecule has 3 nitrogen and oxygen atoms in total. The Morgan fingerprint density at radius 2 is 2.06 bits per heavy atom. The van der Waals surface area contributed by atoms with Gasteiger partial charge in [-0.2, -0.15) is 0 Å². The van der Waals surface area contributed by atoms with E-state index in [0.29, 0.717) is 12.2 Å². The molecule has 0 aromatic carbocycles. The van der Waals surface area contributed by atoms with Crippen LogP contribution in [-0.4, -0.2) is 49.8 Å². The van der Waals surface area contributed by atoms with Crippen LogP contribution in [0.2, 0.25) is 0 Å². The smallest absolute Gasteiger partial charge is 0.0707 e. The van der Waals surface area contributed by atoms with Crippen LogP contribution in [0.5, 0.6) is 0 Å². The van der Waals surface area contributed by atoms with Gasteiger partial charge < -0.3 is 15.0 Å². The van der Waals surface area contributed by atoms with Crippen molar-refractivity contribution in [2.75, 3.05) is 32.7 Å². The molecule has 2 aliphatic heterocycles. The van der Waals surface area contributed by atoms with Crippen LogP contribution in [0.3, 0.4) is 0 Å². The zero-order chi connectivity index (χ0) is 11.4. The van der Waals surface area contributed by atoms with Gasteiger partial charge in [-0.25, -0.2) is 0 Å². The molecular formula is C13H26N2O. The zero-order valence-electron chi connectivity index (χ0n) is 10.7. The summed E-state index contributed by atoms with van der Waals surface area (Å²) in [6.07, 6.45) is 4.81. The maximum atomic E-state index is 6.06. The quantitative estimate of drug-likeness (QED) is 0.768. The van der Waals surface area contributed by atoms with E-state index in [-0.39, 0.29) is 0 Å². The van der Waals surface area contributed by atoms with Gasteiger partial charge in [0.25, 0.3) is 0 Å². The molecule has 0 aliphatic carbocycles. The second-order valence-corrected chi connectivity index (χ2v) is 5.42. The molecule has 0 amide bonds. The summed E-state index contributed by atoms with van der Waals surface area (Å²) in [5, 5.41) is 3.37. The predicted molar refractivity (Wildman–Crippen MR) is 66.7 cm³/mol. The van der Waals surface area contributed by atoms with Gasteiger partial charge in [0.15, 0.2) is 0 Å². The Morgan fingerprint density at radius 3 is 2.75 bits per heavy atom. The number of hydrogen-bond donors (Lipinski definition) is 1. The zero-order valence-corrected chi connectivity index (χ0v) is 10.7. The first-order valence-electron chi connectivity index (χ1n) is 6.86. The number of nitrogens with zero attached hydrogens (tertiary/aromatic N) is 1. The van der Waals surface area contributed by atoms with Crippen LogP contribution >= 0.6 is 0 Å². The highest BCUT2D eigenvalue weighted by molar-refractivity contribution is 4.80. The summed E-state index contributed by atoms with van der Waals surface area (Å²) < 4.78 is 6.06. The third kappa shape index (κ3) is 3.44. The van der Waals surface area contributed by atoms with Gasteiger partial charge in [-0.3, -0.25) is 0 Å². The van der Waals surface area contributed by atoms with Crippen LogP contribution in [0.4, 0.5) is 0 Å². The van der Waals surface area contributed by atoms with Crippen LogP contribution in [-0.2, 0) is 4.74 Å². The van der Waals surface area contributed by atoms with Crippen molar-refractivity contribution in [3.8, 4) is 0 Å². The van der Waals surface area contributed by atoms with Crippen LogP contribution in [0.15, 0.2) is 0 Å². The van der Waals surface area contributed by atoms with Crippen molar-refractivity contribution in [1.29, 1.82) is 0 Å². The summed E-state index contributed by atoms with van der Waals surface area (Å²) in [6.45, 7) is 10.3. The van der Waals surface area contributed by atoms with Crippen LogP contribution in [0.25, 0.3) is 0 Å². The first-order chi connectivity index (χ1) is 7.78. The van der Waals surface area contributed by atoms with Crippen molar-refractivity contribution in [2.24, 2.45) is 5.92 Å². The molecule has 2 fully saturated rings. The molecule has 2 aliphatic rings. The molecule has 2 saturated heterocycles. The molecule has 0 spiro atoms. The van der Waals surface area contributed by atoms with Crippen molar-refractivity contribution in [2.45, 2.75) is 45.3 Å². The second-order valence-electron chi connectivity index (χ2n) is 5.42. The van der Waals surface area contributed by atoms with Crippen LogP contribution in [0.1, 0.15) is 33.1 Å². The highest BCUT2D eigenvalue weighted by atomic mass is 16.5. The third-order valence-corrected chi connectivity index (χ3v) is 3.79. The van der Waals surface area contributed by atoms with E-state index in [1.54, 1.807) is 0 Å². The largest absolute Gasteiger partial charge is 0.372 e. The fourth-order valence-corrected chi connectivity index (χ4v) is 2.85. The Balaban J connectivity index is 1.64. The molecule has 0 aromatic rings. The Hall–Kier alpha value is -0.120. The number of ether oxygens (including phenoxy) is 1. The van der Waals surface area contributed by atoms with Gasteiger partial charge in [0, 0.05) is 19.6 Å². The average molecular weight is 226 g/mol. The monoisotopic (exact) mass is 226 g/mol. The SMILES string of the molecule is CCNCC1CCC(CN2CCC(C)C2)O1. The minimum absolute atomic E-state index is 0.463. The molecule has 0 radical (unpaired) electrons. The second kappa shape index (κ2) is 5.99. The van der Waals surface area contributed by atoms with Crippen LogP contribution in [0, 0.1) is 5.92 Å². The lowest BCUT2D eigenvalue weighted by molar-refractivity contribution is 0.0273. The molecule has 0 aromatic heterocycles. The molecule has 16 heavy (non-hydrogen) atoms. The molecular weight excluding hydrogens is 200 g/mol. The van der Waals surface area contributed by atoms with Gasteiger partial charge >= 0.3 is 0 Å². The molecule has 1 N–H and O–H groups in total. The fraction of sp³-hybridized carbons (Fsp3) is 1.00. The predicted octanol–water partition coefficient (Wildman–Crippen LogP) is 1.49. The van der Waals surface area contributed by atoms with Crippen molar-refractivity contribution >= 4 is 0 Å². The van der Waals surface area contributed by atoms with Gasteiger partial charge in [0.2, 0.25) is 0 Å². The third-order valence-electron chi connectivity index (χ3n) is 3.79. The summed E-state index contributed by atoms with van der Waals surface area (Å²) in [5.74, 6) is 0.888. The van der Waals surface area contributed by atoms with Crippen molar-refractivity contribution in [3.05, 3.63) is 0 Å². The fourth-order valence-electron chi connectivity index (χ4n) is 2.85. The number of nitrogens with one attached hydrogen (secondary N) is 1. The topological polar surface area (TPSA) is 24.5 Å². The Kier molecular flexibility index (Phi) is 4.62. The van der Waals surface area contributed by atoms with Crippen molar-refractivity contribution in [1.82, 2.24) is 10.2 Å². The Morgan fingerprint density at radius 1 is 1.25 bits per heavy atom. The highest BCUT2D eigenvalue weighted by Crippen LogP contribution is 2.23. The normalized spacial score (nSPS) is 36.0. The van der Waals surface area contributed by atoms with Gasteiger partial charge in [-0.05, 0) is 38.3 Å². The summed E-state index contributed by atoms with van der Waals surface area (Å²) >= 11 is 0. The molecule has 3 heteroatoms. The van der Waals surface area contributed by atoms with Crippen molar-refractivity contribution < 1.29 is 4.74 Å². The van der Waals surface area contributed by atoms with E-state index in [0.717, 1.165) is 25.6 Å². The highest BCUT2D eigenvalue weighted by Gasteiger charge is 2.28. The van der Waals surface area contributed by atoms with Gasteiger partial charge in [0.05, 0.1) is 12.2 Å². The number of hydrogen-bond acceptors (Lipinski definition) is 3. The van der Waals surface area contributed by atoms with Crippen molar-refractivity contribution in [3.63, 3.8) is 0 Å². The first-order valence-corrected chi connectivity index (χ1v) is 6.86. The summed E-state index contributed by atoms with van der Waals surface area (Å²) in [6, 6.07) is 0. The van der Waals surface area contributed by atoms with E-state index in [9.17, 15) is 0 Å². The lowest BCUT2D eigenvalue weighted by Gasteiger charge is -2.20. The van der Waals surface area contributed by atoms with E-state index in [1.807, 2.05) is 0 Å². The summed E-state index contributed by atoms with van der Waals surface area (Å²) in [4.78, 5) is 2.57. The van der Waals surface area contributed by atoms with Crippen LogP contribution < -0.4 is 5.32 Å². The lowest BCUT2D eigenvalue weighted by Crippen LogP contribution is -2.32. The van der Waals surface area contributed by atoms with E-state index >= 15 is 0 Å². The van der Waals surface area contributed by atoms with E-state index in [4.69, 9.17) is 4.74 Å². The Labute approximate surface area is 99.5 Å². The average Bonchev–Trinajstić information content (AvgIpc) is 2.86. The minimum Gasteiger partial charge on any atom is -0.372 e. The molecule has 2 rings (SSSR count). The Bertz CT molecular complexity index is 210. The molecule has 0 saturated carbocycles. The minimum atomic E-state index is 0.463.